The number of nitrogens with zero attached hydrogens (tertiary/aromatic N) is 1. The molecule has 0 aromatic heterocycles. The van der Waals surface area contributed by atoms with E-state index in [-0.39, 0.29) is 5.91 Å². The van der Waals surface area contributed by atoms with E-state index in [1.807, 2.05) is 12.1 Å². The molecule has 1 aliphatic carbocycles. The summed E-state index contributed by atoms with van der Waals surface area (Å²) in [5.41, 5.74) is 0.967. The molecule has 0 spiro atoms. The monoisotopic (exact) mass is 328 g/mol. The Balaban J connectivity index is 1.71. The van der Waals surface area contributed by atoms with Gasteiger partial charge in [-0.25, -0.2) is 0 Å². The molecule has 0 unspecified atom stereocenters. The van der Waals surface area contributed by atoms with Crippen LogP contribution in [0.4, 0.5) is 0 Å². The highest BCUT2D eigenvalue weighted by atomic mass is 35.5. The third kappa shape index (κ3) is 5.50. The number of halogens is 2. The molecule has 1 aromatic carbocycles. The standard InChI is InChI=1S/C16H22Cl2N2O/c1-2-20(10-12-6-7-12)11-15(21)19-9-8-13-4-3-5-14(17)16(13)18/h3-5,12H,2,6-11H2,1H3,(H,19,21). The summed E-state index contributed by atoms with van der Waals surface area (Å²) in [5, 5.41) is 4.09. The second kappa shape index (κ2) is 8.02. The number of carbonyl (C=O) groups is 1. The molecule has 2 rings (SSSR count). The van der Waals surface area contributed by atoms with Gasteiger partial charge in [0, 0.05) is 13.1 Å². The molecule has 1 aliphatic rings. The molecule has 0 bridgehead atoms. The Kier molecular flexibility index (Phi) is 6.34. The number of hydrogen-bond acceptors (Lipinski definition) is 2. The molecule has 0 heterocycles. The predicted octanol–water partition coefficient (Wildman–Crippen LogP) is 3.38. The van der Waals surface area contributed by atoms with Crippen LogP contribution in [0.15, 0.2) is 18.2 Å². The van der Waals surface area contributed by atoms with Crippen molar-refractivity contribution >= 4 is 29.1 Å². The van der Waals surface area contributed by atoms with Crippen molar-refractivity contribution in [2.75, 3.05) is 26.2 Å². The summed E-state index contributed by atoms with van der Waals surface area (Å²) in [6.45, 7) is 5.13. The molecular weight excluding hydrogens is 307 g/mol. The molecule has 21 heavy (non-hydrogen) atoms. The molecule has 0 saturated heterocycles. The van der Waals surface area contributed by atoms with E-state index in [0.717, 1.165) is 24.6 Å². The van der Waals surface area contributed by atoms with Gasteiger partial charge in [-0.3, -0.25) is 9.69 Å². The van der Waals surface area contributed by atoms with E-state index in [0.29, 0.717) is 29.6 Å². The van der Waals surface area contributed by atoms with E-state index in [4.69, 9.17) is 23.2 Å². The maximum absolute atomic E-state index is 11.9. The van der Waals surface area contributed by atoms with Crippen LogP contribution in [0.3, 0.4) is 0 Å². The van der Waals surface area contributed by atoms with Gasteiger partial charge in [-0.15, -0.1) is 0 Å². The highest BCUT2D eigenvalue weighted by Crippen LogP contribution is 2.29. The lowest BCUT2D eigenvalue weighted by Gasteiger charge is -2.19. The summed E-state index contributed by atoms with van der Waals surface area (Å²) in [5.74, 6) is 0.888. The van der Waals surface area contributed by atoms with Crippen LogP contribution in [0.5, 0.6) is 0 Å². The Bertz CT molecular complexity index is 489. The van der Waals surface area contributed by atoms with Crippen LogP contribution in [0.25, 0.3) is 0 Å². The van der Waals surface area contributed by atoms with Crippen molar-refractivity contribution < 1.29 is 4.79 Å². The topological polar surface area (TPSA) is 32.3 Å². The van der Waals surface area contributed by atoms with Gasteiger partial charge < -0.3 is 5.32 Å². The van der Waals surface area contributed by atoms with E-state index < -0.39 is 0 Å². The van der Waals surface area contributed by atoms with Crippen molar-refractivity contribution in [1.82, 2.24) is 10.2 Å². The summed E-state index contributed by atoms with van der Waals surface area (Å²) in [4.78, 5) is 14.2. The van der Waals surface area contributed by atoms with E-state index in [1.165, 1.54) is 12.8 Å². The number of rotatable bonds is 8. The molecule has 5 heteroatoms. The minimum atomic E-state index is 0.0793. The average molecular weight is 329 g/mol. The van der Waals surface area contributed by atoms with Gasteiger partial charge in [0.2, 0.25) is 5.91 Å². The van der Waals surface area contributed by atoms with Crippen LogP contribution in [0.2, 0.25) is 10.0 Å². The van der Waals surface area contributed by atoms with Gasteiger partial charge in [-0.1, -0.05) is 42.3 Å². The molecule has 1 saturated carbocycles. The predicted molar refractivity (Wildman–Crippen MR) is 88.0 cm³/mol. The Morgan fingerprint density at radius 2 is 2.14 bits per heavy atom. The molecular formula is C16H22Cl2N2O. The number of carbonyl (C=O) groups excluding carboxylic acids is 1. The lowest BCUT2D eigenvalue weighted by atomic mass is 10.1. The number of benzene rings is 1. The Labute approximate surface area is 136 Å². The second-order valence-corrected chi connectivity index (χ2v) is 6.37. The largest absolute Gasteiger partial charge is 0.355 e. The van der Waals surface area contributed by atoms with Crippen LogP contribution in [-0.2, 0) is 11.2 Å². The van der Waals surface area contributed by atoms with Crippen molar-refractivity contribution in [3.05, 3.63) is 33.8 Å². The number of hydrogen-bond donors (Lipinski definition) is 1. The van der Waals surface area contributed by atoms with E-state index in [2.05, 4.69) is 17.1 Å². The van der Waals surface area contributed by atoms with E-state index in [9.17, 15) is 4.79 Å². The van der Waals surface area contributed by atoms with Gasteiger partial charge in [0.15, 0.2) is 0 Å². The Morgan fingerprint density at radius 3 is 2.81 bits per heavy atom. The third-order valence-electron chi connectivity index (χ3n) is 3.78. The zero-order valence-electron chi connectivity index (χ0n) is 12.4. The van der Waals surface area contributed by atoms with Gasteiger partial charge in [-0.05, 0) is 43.4 Å². The van der Waals surface area contributed by atoms with Crippen molar-refractivity contribution in [2.24, 2.45) is 5.92 Å². The van der Waals surface area contributed by atoms with Crippen molar-refractivity contribution in [2.45, 2.75) is 26.2 Å². The fourth-order valence-electron chi connectivity index (χ4n) is 2.31. The molecule has 0 aliphatic heterocycles. The van der Waals surface area contributed by atoms with Crippen LogP contribution < -0.4 is 5.32 Å². The first-order chi connectivity index (χ1) is 10.1. The highest BCUT2D eigenvalue weighted by molar-refractivity contribution is 6.42. The number of amides is 1. The fraction of sp³-hybridized carbons (Fsp3) is 0.562. The van der Waals surface area contributed by atoms with E-state index in [1.54, 1.807) is 6.07 Å². The molecule has 0 atom stereocenters. The van der Waals surface area contributed by atoms with Gasteiger partial charge in [0.25, 0.3) is 0 Å². The highest BCUT2D eigenvalue weighted by Gasteiger charge is 2.24. The van der Waals surface area contributed by atoms with E-state index >= 15 is 0 Å². The molecule has 1 fully saturated rings. The zero-order valence-corrected chi connectivity index (χ0v) is 13.9. The van der Waals surface area contributed by atoms with Crippen LogP contribution in [0.1, 0.15) is 25.3 Å². The van der Waals surface area contributed by atoms with Crippen LogP contribution in [0, 0.1) is 5.92 Å². The summed E-state index contributed by atoms with van der Waals surface area (Å²) in [6, 6.07) is 5.58. The van der Waals surface area contributed by atoms with Crippen molar-refractivity contribution in [3.63, 3.8) is 0 Å². The maximum Gasteiger partial charge on any atom is 0.234 e. The Hall–Kier alpha value is -0.770. The first-order valence-electron chi connectivity index (χ1n) is 7.52. The maximum atomic E-state index is 11.9. The minimum Gasteiger partial charge on any atom is -0.355 e. The number of likely N-dealkylation sites (N-methyl/N-ethyl adjacent to an activating group) is 1. The normalized spacial score (nSPS) is 14.5. The average Bonchev–Trinajstić information content (AvgIpc) is 3.26. The molecule has 3 nitrogen and oxygen atoms in total. The molecule has 1 amide bonds. The smallest absolute Gasteiger partial charge is 0.234 e. The van der Waals surface area contributed by atoms with Gasteiger partial charge in [0.05, 0.1) is 16.6 Å². The molecule has 0 radical (unpaired) electrons. The summed E-state index contributed by atoms with van der Waals surface area (Å²) in [7, 11) is 0. The quantitative estimate of drug-likeness (QED) is 0.793. The second-order valence-electron chi connectivity index (χ2n) is 5.58. The van der Waals surface area contributed by atoms with Crippen LogP contribution in [-0.4, -0.2) is 37.0 Å². The lowest BCUT2D eigenvalue weighted by molar-refractivity contribution is -0.122. The number of nitrogens with one attached hydrogen (secondary N) is 1. The fourth-order valence-corrected chi connectivity index (χ4v) is 2.72. The van der Waals surface area contributed by atoms with Gasteiger partial charge in [0.1, 0.15) is 0 Å². The van der Waals surface area contributed by atoms with Gasteiger partial charge in [-0.2, -0.15) is 0 Å². The molecule has 1 aromatic rings. The molecule has 1 N–H and O–H groups in total. The first-order valence-corrected chi connectivity index (χ1v) is 8.27. The summed E-state index contributed by atoms with van der Waals surface area (Å²) < 4.78 is 0. The van der Waals surface area contributed by atoms with Crippen LogP contribution >= 0.6 is 23.2 Å². The lowest BCUT2D eigenvalue weighted by Crippen LogP contribution is -2.38. The Morgan fingerprint density at radius 1 is 1.38 bits per heavy atom. The summed E-state index contributed by atoms with van der Waals surface area (Å²) >= 11 is 12.1. The van der Waals surface area contributed by atoms with Crippen molar-refractivity contribution in [3.8, 4) is 0 Å². The molecule has 116 valence electrons. The summed E-state index contributed by atoms with van der Waals surface area (Å²) in [6.07, 6.45) is 3.32. The zero-order chi connectivity index (χ0) is 15.2. The van der Waals surface area contributed by atoms with Gasteiger partial charge >= 0.3 is 0 Å². The SMILES string of the molecule is CCN(CC(=O)NCCc1cccc(Cl)c1Cl)CC1CC1. The van der Waals surface area contributed by atoms with Crippen molar-refractivity contribution in [1.29, 1.82) is 0 Å². The first kappa shape index (κ1) is 16.6. The minimum absolute atomic E-state index is 0.0793. The third-order valence-corrected chi connectivity index (χ3v) is 4.63.